The van der Waals surface area contributed by atoms with Gasteiger partial charge < -0.3 is 24.1 Å². The lowest BCUT2D eigenvalue weighted by atomic mass is 9.48. The summed E-state index contributed by atoms with van der Waals surface area (Å²) < 4.78 is 53.1. The molecule has 0 radical (unpaired) electrons. The minimum Gasteiger partial charge on any atom is -0.463 e. The molecule has 0 aliphatic heterocycles. The Morgan fingerprint density at radius 3 is 1.95 bits per heavy atom. The van der Waals surface area contributed by atoms with E-state index in [4.69, 9.17) is 23.1 Å². The summed E-state index contributed by atoms with van der Waals surface area (Å²) in [7, 11) is -4.09. The van der Waals surface area contributed by atoms with Crippen LogP contribution in [-0.4, -0.2) is 80.3 Å². The van der Waals surface area contributed by atoms with Gasteiger partial charge in [-0.25, -0.2) is 0 Å². The predicted molar refractivity (Wildman–Crippen MR) is 148 cm³/mol. The van der Waals surface area contributed by atoms with Gasteiger partial charge in [-0.3, -0.25) is 23.4 Å². The van der Waals surface area contributed by atoms with Crippen molar-refractivity contribution in [2.75, 3.05) is 12.9 Å². The molecule has 8 atom stereocenters. The lowest BCUT2D eigenvalue weighted by Crippen LogP contribution is -2.69. The molecule has 3 aliphatic rings. The van der Waals surface area contributed by atoms with Crippen molar-refractivity contribution in [2.24, 2.45) is 22.7 Å². The summed E-state index contributed by atoms with van der Waals surface area (Å²) in [6, 6.07) is 0. The van der Waals surface area contributed by atoms with Crippen LogP contribution >= 0.6 is 0 Å². The molecule has 0 spiro atoms. The first-order chi connectivity index (χ1) is 19.1. The van der Waals surface area contributed by atoms with Crippen LogP contribution in [0.5, 0.6) is 0 Å². The van der Waals surface area contributed by atoms with E-state index in [0.29, 0.717) is 6.42 Å². The van der Waals surface area contributed by atoms with E-state index in [-0.39, 0.29) is 19.3 Å². The highest BCUT2D eigenvalue weighted by Crippen LogP contribution is 2.61. The lowest BCUT2D eigenvalue weighted by molar-refractivity contribution is -0.247. The summed E-state index contributed by atoms with van der Waals surface area (Å²) in [5.74, 6) is -4.10. The molecule has 0 aromatic heterocycles. The Labute approximate surface area is 247 Å². The third-order valence-electron chi connectivity index (χ3n) is 9.24. The number of aliphatic hydroxyl groups is 1. The molecule has 2 fully saturated rings. The van der Waals surface area contributed by atoms with Gasteiger partial charge in [0.2, 0.25) is 0 Å². The van der Waals surface area contributed by atoms with E-state index >= 15 is 0 Å². The molecule has 42 heavy (non-hydrogen) atoms. The maximum atomic E-state index is 12.7. The van der Waals surface area contributed by atoms with E-state index < -0.39 is 93.3 Å². The van der Waals surface area contributed by atoms with Crippen LogP contribution in [0, 0.1) is 22.7 Å². The fourth-order valence-corrected chi connectivity index (χ4v) is 8.54. The van der Waals surface area contributed by atoms with Crippen molar-refractivity contribution in [2.45, 2.75) is 111 Å². The maximum Gasteiger partial charge on any atom is 0.303 e. The van der Waals surface area contributed by atoms with Gasteiger partial charge in [0, 0.05) is 39.5 Å². The lowest BCUT2D eigenvalue weighted by Gasteiger charge is -2.61. The van der Waals surface area contributed by atoms with E-state index in [1.807, 2.05) is 27.7 Å². The summed E-state index contributed by atoms with van der Waals surface area (Å²) in [5.41, 5.74) is -2.46. The molecule has 3 aliphatic carbocycles. The molecule has 0 aromatic rings. The molecule has 0 heterocycles. The highest BCUT2D eigenvalue weighted by atomic mass is 32.2. The molecule has 13 heteroatoms. The Balaban J connectivity index is 2.38. The Morgan fingerprint density at radius 1 is 0.905 bits per heavy atom. The summed E-state index contributed by atoms with van der Waals surface area (Å²) >= 11 is 0. The SMILES string of the molecule is CC(=O)OC[C@]1(O)[C@@H](OS(C)(=O)=O)CC[C@@]2(C)C[C@H](OC(C)=O)C3=C(C)[C@@H](OC(C)=O)C[C@@H]([C@@H](OC(C)=O)[C@@H]21)C3(C)C. The zero-order valence-corrected chi connectivity index (χ0v) is 26.7. The molecular weight excluding hydrogens is 572 g/mol. The fraction of sp³-hybridized carbons (Fsp3) is 0.793. The first kappa shape index (κ1) is 34.0. The number of carbonyl (C=O) groups excluding carboxylic acids is 4. The molecule has 0 unspecified atom stereocenters. The molecule has 12 nitrogen and oxygen atoms in total. The molecule has 0 amide bonds. The van der Waals surface area contributed by atoms with Gasteiger partial charge in [0.15, 0.2) is 0 Å². The van der Waals surface area contributed by atoms with Gasteiger partial charge in [0.25, 0.3) is 10.1 Å². The normalized spacial score (nSPS) is 36.0. The summed E-state index contributed by atoms with van der Waals surface area (Å²) in [6.45, 7) is 11.8. The minimum absolute atomic E-state index is 0.0551. The van der Waals surface area contributed by atoms with Crippen LogP contribution in [0.3, 0.4) is 0 Å². The molecule has 3 rings (SSSR count). The monoisotopic (exact) mass is 616 g/mol. The highest BCUT2D eigenvalue weighted by Gasteiger charge is 2.66. The largest absolute Gasteiger partial charge is 0.463 e. The average molecular weight is 617 g/mol. The van der Waals surface area contributed by atoms with Gasteiger partial charge in [0.05, 0.1) is 6.26 Å². The maximum absolute atomic E-state index is 12.7. The number of hydrogen-bond donors (Lipinski definition) is 1. The quantitative estimate of drug-likeness (QED) is 0.192. The second kappa shape index (κ2) is 11.9. The van der Waals surface area contributed by atoms with Crippen LogP contribution in [-0.2, 0) is 52.4 Å². The van der Waals surface area contributed by atoms with E-state index in [1.54, 1.807) is 0 Å². The summed E-state index contributed by atoms with van der Waals surface area (Å²) in [4.78, 5) is 49.3. The van der Waals surface area contributed by atoms with E-state index in [0.717, 1.165) is 24.3 Å². The molecule has 2 saturated carbocycles. The first-order valence-corrected chi connectivity index (χ1v) is 15.9. The number of fused-ring (bicyclic) bond motifs is 3. The second-order valence-electron chi connectivity index (χ2n) is 12.9. The van der Waals surface area contributed by atoms with Crippen molar-refractivity contribution >= 4 is 34.0 Å². The van der Waals surface area contributed by atoms with Crippen molar-refractivity contribution in [1.29, 1.82) is 0 Å². The minimum atomic E-state index is -4.09. The molecule has 0 saturated heterocycles. The van der Waals surface area contributed by atoms with Crippen LogP contribution in [0.4, 0.5) is 0 Å². The summed E-state index contributed by atoms with van der Waals surface area (Å²) in [5, 5.41) is 12.5. The van der Waals surface area contributed by atoms with Crippen molar-refractivity contribution in [3.05, 3.63) is 11.1 Å². The zero-order valence-electron chi connectivity index (χ0n) is 25.8. The third kappa shape index (κ3) is 6.83. The van der Waals surface area contributed by atoms with Crippen molar-refractivity contribution < 1.29 is 55.8 Å². The fourth-order valence-electron chi connectivity index (χ4n) is 7.86. The van der Waals surface area contributed by atoms with Crippen LogP contribution in [0.1, 0.15) is 81.1 Å². The van der Waals surface area contributed by atoms with Crippen LogP contribution in [0.25, 0.3) is 0 Å². The second-order valence-corrected chi connectivity index (χ2v) is 14.5. The number of esters is 4. The van der Waals surface area contributed by atoms with E-state index in [1.165, 1.54) is 20.8 Å². The van der Waals surface area contributed by atoms with Crippen LogP contribution in [0.2, 0.25) is 0 Å². The Kier molecular flexibility index (Phi) is 9.61. The third-order valence-corrected chi connectivity index (χ3v) is 9.82. The van der Waals surface area contributed by atoms with Crippen molar-refractivity contribution in [3.8, 4) is 0 Å². The topological polar surface area (TPSA) is 169 Å². The van der Waals surface area contributed by atoms with Crippen molar-refractivity contribution in [1.82, 2.24) is 0 Å². The van der Waals surface area contributed by atoms with Gasteiger partial charge in [-0.15, -0.1) is 0 Å². The van der Waals surface area contributed by atoms with Gasteiger partial charge in [-0.1, -0.05) is 20.8 Å². The first-order valence-electron chi connectivity index (χ1n) is 14.1. The Morgan fingerprint density at radius 2 is 1.45 bits per heavy atom. The Hall–Kier alpha value is -2.51. The predicted octanol–water partition coefficient (Wildman–Crippen LogP) is 2.60. The Bertz CT molecular complexity index is 1250. The van der Waals surface area contributed by atoms with Gasteiger partial charge >= 0.3 is 23.9 Å². The van der Waals surface area contributed by atoms with E-state index in [2.05, 4.69) is 0 Å². The average Bonchev–Trinajstić information content (AvgIpc) is 2.79. The van der Waals surface area contributed by atoms with Gasteiger partial charge in [0.1, 0.15) is 36.6 Å². The molecular formula is C29H44O12S. The van der Waals surface area contributed by atoms with E-state index in [9.17, 15) is 32.7 Å². The smallest absolute Gasteiger partial charge is 0.303 e. The number of rotatable bonds is 7. The zero-order chi connectivity index (χ0) is 32.0. The number of hydrogen-bond acceptors (Lipinski definition) is 12. The molecule has 2 bridgehead atoms. The van der Waals surface area contributed by atoms with Gasteiger partial charge in [-0.05, 0) is 54.6 Å². The summed E-state index contributed by atoms with van der Waals surface area (Å²) in [6.07, 6.45) is -2.42. The number of carbonyl (C=O) groups is 4. The molecule has 238 valence electrons. The standard InChI is InChI=1S/C29H44O12S/c1-15-21(38-17(3)31)12-20-25(40-19(5)33)26-28(8,13-22(39-18(4)32)24(15)27(20,6)7)11-10-23(41-42(9,35)36)29(26,34)14-37-16(2)30/h20-23,25-26,34H,10-14H2,1-9H3/t20-,21-,22-,23-,25+,26-,28-,29-/m0/s1. The van der Waals surface area contributed by atoms with Crippen molar-refractivity contribution in [3.63, 3.8) is 0 Å². The molecule has 0 aromatic carbocycles. The highest BCUT2D eigenvalue weighted by molar-refractivity contribution is 7.86. The number of ether oxygens (including phenoxy) is 4. The van der Waals surface area contributed by atoms with Crippen LogP contribution in [0.15, 0.2) is 11.1 Å². The molecule has 1 N–H and O–H groups in total. The van der Waals surface area contributed by atoms with Crippen LogP contribution < -0.4 is 0 Å². The van der Waals surface area contributed by atoms with Gasteiger partial charge in [-0.2, -0.15) is 8.42 Å².